The smallest absolute Gasteiger partial charge is 0.276 e. The Morgan fingerprint density at radius 3 is 2.73 bits per heavy atom. The average Bonchev–Trinajstić information content (AvgIpc) is 2.25. The summed E-state index contributed by atoms with van der Waals surface area (Å²) < 4.78 is 0. The summed E-state index contributed by atoms with van der Waals surface area (Å²) in [6.45, 7) is 6.65. The van der Waals surface area contributed by atoms with Gasteiger partial charge in [-0.1, -0.05) is 37.3 Å². The summed E-state index contributed by atoms with van der Waals surface area (Å²) in [4.78, 5) is 15.9. The molecule has 0 saturated carbocycles. The summed E-state index contributed by atoms with van der Waals surface area (Å²) in [6.07, 6.45) is 0.685. The highest BCUT2D eigenvalue weighted by atomic mass is 16.7. The van der Waals surface area contributed by atoms with Crippen LogP contribution in [-0.4, -0.2) is 18.0 Å². The van der Waals surface area contributed by atoms with Crippen LogP contribution in [-0.2, 0) is 16.2 Å². The van der Waals surface area contributed by atoms with Gasteiger partial charge in [0, 0.05) is 0 Å². The van der Waals surface area contributed by atoms with E-state index in [-0.39, 0.29) is 7.34 Å². The highest BCUT2D eigenvalue weighted by Gasteiger charge is 2.04. The third kappa shape index (κ3) is 4.61. The predicted molar refractivity (Wildman–Crippen MR) is 59.6 cm³/mol. The molecule has 0 aliphatic carbocycles. The molecule has 0 spiro atoms. The van der Waals surface area contributed by atoms with Gasteiger partial charge in [-0.05, 0) is 18.4 Å². The highest BCUT2D eigenvalue weighted by molar-refractivity contribution is 5.45. The molecule has 0 aliphatic rings. The minimum absolute atomic E-state index is 0. The fourth-order valence-electron chi connectivity index (χ4n) is 1.17. The Bertz CT molecular complexity index is 290. The van der Waals surface area contributed by atoms with Crippen molar-refractivity contribution < 1.29 is 11.1 Å². The van der Waals surface area contributed by atoms with Crippen LogP contribution in [0.25, 0.3) is 0 Å². The molecule has 15 heavy (non-hydrogen) atoms. The molecule has 1 radical (unpaired) electrons. The minimum Gasteiger partial charge on any atom is -0.276 e. The normalized spacial score (nSPS) is 10.3. The van der Waals surface area contributed by atoms with Gasteiger partial charge in [-0.2, -0.15) is 0 Å². The summed E-state index contributed by atoms with van der Waals surface area (Å²) in [5.74, 6) is 0.158. The van der Waals surface area contributed by atoms with Crippen molar-refractivity contribution in [2.45, 2.75) is 13.5 Å². The Hall–Kier alpha value is -1.35. The van der Waals surface area contributed by atoms with Gasteiger partial charge in [0.2, 0.25) is 6.41 Å². The van der Waals surface area contributed by atoms with Crippen LogP contribution < -0.4 is 0 Å². The number of nitrogens with zero attached hydrogens (tertiary/aromatic N) is 1. The molecule has 3 nitrogen and oxygen atoms in total. The van der Waals surface area contributed by atoms with Gasteiger partial charge in [0.05, 0.1) is 6.54 Å². The average molecular weight is 207 g/mol. The Kier molecular flexibility index (Phi) is 4.84. The van der Waals surface area contributed by atoms with E-state index in [1.165, 1.54) is 5.06 Å². The lowest BCUT2D eigenvalue weighted by Gasteiger charge is -2.18. The molecule has 0 aromatic heterocycles. The van der Waals surface area contributed by atoms with Crippen molar-refractivity contribution in [3.05, 3.63) is 42.8 Å². The molecule has 1 aromatic carbocycles. The maximum Gasteiger partial charge on any atom is 1.00 e. The highest BCUT2D eigenvalue weighted by Crippen LogP contribution is 2.03. The van der Waals surface area contributed by atoms with Crippen LogP contribution in [0.2, 0.25) is 0 Å². The number of carbonyl (C=O) groups excluding carboxylic acids is 1. The van der Waals surface area contributed by atoms with Crippen molar-refractivity contribution in [3.8, 4) is 0 Å². The number of hydrogen-bond donors (Lipinski definition) is 0. The van der Waals surface area contributed by atoms with E-state index in [0.717, 1.165) is 5.56 Å². The predicted octanol–water partition coefficient (Wildman–Crippen LogP) is 2.16. The summed E-state index contributed by atoms with van der Waals surface area (Å²) in [5.41, 5.74) is 1.04. The van der Waals surface area contributed by atoms with Crippen LogP contribution >= 0.6 is 0 Å². The third-order valence-electron chi connectivity index (χ3n) is 1.85. The van der Waals surface area contributed by atoms with E-state index in [0.29, 0.717) is 19.6 Å². The van der Waals surface area contributed by atoms with Crippen LogP contribution in [0.15, 0.2) is 30.3 Å². The summed E-state index contributed by atoms with van der Waals surface area (Å²) >= 11 is 0. The summed E-state index contributed by atoms with van der Waals surface area (Å²) in [5, 5.41) is 1.28. The van der Waals surface area contributed by atoms with Gasteiger partial charge in [-0.25, -0.2) is 5.06 Å². The molecule has 1 atom stereocenters. The van der Waals surface area contributed by atoms with E-state index in [1.54, 1.807) is 0 Å². The van der Waals surface area contributed by atoms with E-state index >= 15 is 0 Å². The first-order chi connectivity index (χ1) is 7.22. The quantitative estimate of drug-likeness (QED) is 0.528. The van der Waals surface area contributed by atoms with Crippen LogP contribution in [0.3, 0.4) is 0 Å². The lowest BCUT2D eigenvalue weighted by Crippen LogP contribution is -2.26. The number of hydroxylamine groups is 2. The number of hydrogen-bond acceptors (Lipinski definition) is 2. The molecule has 1 amide bonds. The monoisotopic (exact) mass is 207 g/mol. The van der Waals surface area contributed by atoms with Crippen molar-refractivity contribution in [1.29, 1.82) is 0 Å². The Balaban J connectivity index is 0.00000225. The maximum atomic E-state index is 10.6. The number of amides is 1. The minimum atomic E-state index is 0. The fourth-order valence-corrected chi connectivity index (χ4v) is 1.17. The van der Waals surface area contributed by atoms with Crippen LogP contribution in [0.4, 0.5) is 0 Å². The number of rotatable bonds is 6. The van der Waals surface area contributed by atoms with Crippen molar-refractivity contribution in [1.82, 2.24) is 5.06 Å². The van der Waals surface area contributed by atoms with Gasteiger partial charge in [-0.15, -0.1) is 0 Å². The fraction of sp³-hybridized carbons (Fsp3) is 0.333. The maximum absolute atomic E-state index is 10.6. The van der Waals surface area contributed by atoms with Crippen LogP contribution in [0.1, 0.15) is 13.9 Å². The van der Waals surface area contributed by atoms with Gasteiger partial charge in [0.15, 0.2) is 0 Å². The first-order valence-corrected chi connectivity index (χ1v) is 4.94. The second-order valence-corrected chi connectivity index (χ2v) is 3.57. The van der Waals surface area contributed by atoms with Crippen molar-refractivity contribution in [2.75, 3.05) is 6.54 Å². The van der Waals surface area contributed by atoms with Crippen molar-refractivity contribution in [2.24, 2.45) is 5.92 Å². The molecule has 0 aliphatic heterocycles. The van der Waals surface area contributed by atoms with E-state index in [9.17, 15) is 4.79 Å². The zero-order valence-electron chi connectivity index (χ0n) is 9.93. The second-order valence-electron chi connectivity index (χ2n) is 3.57. The van der Waals surface area contributed by atoms with Crippen molar-refractivity contribution >= 4 is 6.41 Å². The molecule has 0 N–H and O–H groups in total. The lowest BCUT2D eigenvalue weighted by atomic mass is 10.2. The Morgan fingerprint density at radius 2 is 2.20 bits per heavy atom. The molecule has 81 valence electrons. The third-order valence-corrected chi connectivity index (χ3v) is 1.85. The number of carbonyl (C=O) groups is 1. The van der Waals surface area contributed by atoms with E-state index < -0.39 is 0 Å². The molecule has 0 heterocycles. The standard InChI is InChI=1S/C12H16NO2/c1-11(2)8-13(10-14)15-9-12-6-4-3-5-7-12/h3-7,10-11H,1,8-9H2,2H3/p+1. The van der Waals surface area contributed by atoms with Gasteiger partial charge in [0.1, 0.15) is 6.61 Å². The number of benzene rings is 1. The zero-order chi connectivity index (χ0) is 11.1. The van der Waals surface area contributed by atoms with E-state index in [2.05, 4.69) is 6.92 Å². The van der Waals surface area contributed by atoms with Crippen molar-refractivity contribution in [3.63, 3.8) is 0 Å². The molecule has 1 aromatic rings. The van der Waals surface area contributed by atoms with Gasteiger partial charge >= 0.3 is 1.43 Å². The first-order valence-electron chi connectivity index (χ1n) is 4.94. The molecular weight excluding hydrogens is 190 g/mol. The Labute approximate surface area is 92.1 Å². The van der Waals surface area contributed by atoms with Gasteiger partial charge in [0.25, 0.3) is 0 Å². The molecule has 0 bridgehead atoms. The van der Waals surface area contributed by atoms with E-state index in [1.807, 2.05) is 37.3 Å². The summed E-state index contributed by atoms with van der Waals surface area (Å²) in [7, 11) is 0. The Morgan fingerprint density at radius 1 is 1.53 bits per heavy atom. The van der Waals surface area contributed by atoms with Gasteiger partial charge < -0.3 is 0 Å². The topological polar surface area (TPSA) is 29.5 Å². The SMILES string of the molecule is [CH2]C(C)CN(C=O)OCc1ccccc1.[H+]. The lowest BCUT2D eigenvalue weighted by molar-refractivity contribution is -0.179. The summed E-state index contributed by atoms with van der Waals surface area (Å²) in [6, 6.07) is 9.73. The zero-order valence-corrected chi connectivity index (χ0v) is 8.93. The molecule has 0 fully saturated rings. The molecule has 0 saturated heterocycles. The molecule has 1 rings (SSSR count). The molecule has 3 heteroatoms. The van der Waals surface area contributed by atoms with E-state index in [4.69, 9.17) is 4.84 Å². The molecular formula is C12H17NO2+. The van der Waals surface area contributed by atoms with Crippen LogP contribution in [0, 0.1) is 12.8 Å². The van der Waals surface area contributed by atoms with Gasteiger partial charge in [-0.3, -0.25) is 9.63 Å². The largest absolute Gasteiger partial charge is 1.00 e. The first kappa shape index (κ1) is 11.7. The van der Waals surface area contributed by atoms with Crippen LogP contribution in [0.5, 0.6) is 0 Å². The second kappa shape index (κ2) is 6.19. The molecule has 1 unspecified atom stereocenters.